The SMILES string of the molecule is CCNC1CC(C)Oc2c(C(C)(C)C)ccc(C)c21. The smallest absolute Gasteiger partial charge is 0.128 e. The van der Waals surface area contributed by atoms with Gasteiger partial charge in [0.1, 0.15) is 5.75 Å². The van der Waals surface area contributed by atoms with E-state index in [2.05, 4.69) is 59.0 Å². The van der Waals surface area contributed by atoms with Gasteiger partial charge in [0.05, 0.1) is 6.10 Å². The molecule has 106 valence electrons. The molecule has 2 nitrogen and oxygen atoms in total. The normalized spacial score (nSPS) is 22.8. The lowest BCUT2D eigenvalue weighted by atomic mass is 9.81. The van der Waals surface area contributed by atoms with Gasteiger partial charge >= 0.3 is 0 Å². The second kappa shape index (κ2) is 5.16. The number of hydrogen-bond donors (Lipinski definition) is 1. The highest BCUT2D eigenvalue weighted by Gasteiger charge is 2.31. The van der Waals surface area contributed by atoms with Crippen molar-refractivity contribution in [2.24, 2.45) is 0 Å². The first-order valence-corrected chi connectivity index (χ1v) is 7.38. The van der Waals surface area contributed by atoms with Crippen molar-refractivity contribution < 1.29 is 4.74 Å². The molecule has 0 amide bonds. The maximum atomic E-state index is 6.21. The molecule has 0 saturated heterocycles. The molecule has 1 aliphatic rings. The van der Waals surface area contributed by atoms with E-state index in [0.717, 1.165) is 18.7 Å². The maximum Gasteiger partial charge on any atom is 0.128 e. The summed E-state index contributed by atoms with van der Waals surface area (Å²) in [7, 11) is 0. The standard InChI is InChI=1S/C17H27NO/c1-7-18-14-10-12(3)19-16-13(17(4,5)6)9-8-11(2)15(14)16/h8-9,12,14,18H,7,10H2,1-6H3. The lowest BCUT2D eigenvalue weighted by Crippen LogP contribution is -2.33. The Balaban J connectivity index is 2.57. The van der Waals surface area contributed by atoms with E-state index in [9.17, 15) is 0 Å². The van der Waals surface area contributed by atoms with Crippen molar-refractivity contribution in [1.29, 1.82) is 0 Å². The van der Waals surface area contributed by atoms with E-state index in [-0.39, 0.29) is 11.5 Å². The molecule has 2 heteroatoms. The van der Waals surface area contributed by atoms with E-state index in [1.165, 1.54) is 16.7 Å². The van der Waals surface area contributed by atoms with Crippen molar-refractivity contribution in [3.05, 3.63) is 28.8 Å². The number of aryl methyl sites for hydroxylation is 1. The Bertz CT molecular complexity index is 459. The van der Waals surface area contributed by atoms with Gasteiger partial charge in [-0.05, 0) is 36.9 Å². The van der Waals surface area contributed by atoms with Crippen LogP contribution in [0.15, 0.2) is 12.1 Å². The monoisotopic (exact) mass is 261 g/mol. The van der Waals surface area contributed by atoms with Gasteiger partial charge in [0, 0.05) is 18.0 Å². The van der Waals surface area contributed by atoms with E-state index in [1.807, 2.05) is 0 Å². The highest BCUT2D eigenvalue weighted by atomic mass is 16.5. The van der Waals surface area contributed by atoms with Crippen LogP contribution >= 0.6 is 0 Å². The zero-order chi connectivity index (χ0) is 14.2. The van der Waals surface area contributed by atoms with Gasteiger partial charge in [-0.1, -0.05) is 39.8 Å². The Labute approximate surface area is 117 Å². The van der Waals surface area contributed by atoms with Crippen LogP contribution in [0.1, 0.15) is 63.8 Å². The summed E-state index contributed by atoms with van der Waals surface area (Å²) in [6.45, 7) is 14.3. The Morgan fingerprint density at radius 3 is 2.58 bits per heavy atom. The Kier molecular flexibility index (Phi) is 3.91. The minimum Gasteiger partial charge on any atom is -0.490 e. The molecule has 2 atom stereocenters. The fourth-order valence-electron chi connectivity index (χ4n) is 2.98. The van der Waals surface area contributed by atoms with Gasteiger partial charge in [-0.2, -0.15) is 0 Å². The van der Waals surface area contributed by atoms with Gasteiger partial charge in [0.15, 0.2) is 0 Å². The van der Waals surface area contributed by atoms with Crippen LogP contribution in [-0.4, -0.2) is 12.6 Å². The molecule has 0 saturated carbocycles. The maximum absolute atomic E-state index is 6.21. The molecule has 0 radical (unpaired) electrons. The Morgan fingerprint density at radius 2 is 2.00 bits per heavy atom. The number of nitrogens with one attached hydrogen (secondary N) is 1. The molecule has 1 aromatic rings. The second-order valence-corrected chi connectivity index (χ2v) is 6.70. The van der Waals surface area contributed by atoms with Crippen LogP contribution in [0, 0.1) is 6.92 Å². The van der Waals surface area contributed by atoms with Crippen LogP contribution in [0.2, 0.25) is 0 Å². The molecule has 1 aromatic carbocycles. The molecule has 0 spiro atoms. The molecular formula is C17H27NO. The van der Waals surface area contributed by atoms with Gasteiger partial charge in [-0.3, -0.25) is 0 Å². The first-order chi connectivity index (χ1) is 8.84. The van der Waals surface area contributed by atoms with Crippen LogP contribution < -0.4 is 10.1 Å². The van der Waals surface area contributed by atoms with Crippen molar-refractivity contribution in [3.63, 3.8) is 0 Å². The fourth-order valence-corrected chi connectivity index (χ4v) is 2.98. The number of ether oxygens (including phenoxy) is 1. The van der Waals surface area contributed by atoms with Crippen LogP contribution in [0.4, 0.5) is 0 Å². The lowest BCUT2D eigenvalue weighted by Gasteiger charge is -2.36. The fraction of sp³-hybridized carbons (Fsp3) is 0.647. The van der Waals surface area contributed by atoms with Crippen LogP contribution in [0.5, 0.6) is 5.75 Å². The molecule has 2 unspecified atom stereocenters. The van der Waals surface area contributed by atoms with Crippen molar-refractivity contribution in [1.82, 2.24) is 5.32 Å². The van der Waals surface area contributed by atoms with Crippen molar-refractivity contribution in [2.75, 3.05) is 6.54 Å². The highest BCUT2D eigenvalue weighted by Crippen LogP contribution is 2.43. The minimum absolute atomic E-state index is 0.117. The first kappa shape index (κ1) is 14.4. The van der Waals surface area contributed by atoms with Crippen LogP contribution in [0.3, 0.4) is 0 Å². The summed E-state index contributed by atoms with van der Waals surface area (Å²) in [4.78, 5) is 0. The topological polar surface area (TPSA) is 21.3 Å². The number of benzene rings is 1. The predicted molar refractivity (Wildman–Crippen MR) is 81.0 cm³/mol. The molecule has 1 heterocycles. The first-order valence-electron chi connectivity index (χ1n) is 7.38. The number of fused-ring (bicyclic) bond motifs is 1. The largest absolute Gasteiger partial charge is 0.490 e. The highest BCUT2D eigenvalue weighted by molar-refractivity contribution is 5.51. The van der Waals surface area contributed by atoms with E-state index < -0.39 is 0 Å². The summed E-state index contributed by atoms with van der Waals surface area (Å²) >= 11 is 0. The lowest BCUT2D eigenvalue weighted by molar-refractivity contribution is 0.162. The second-order valence-electron chi connectivity index (χ2n) is 6.70. The molecule has 0 aromatic heterocycles. The predicted octanol–water partition coefficient (Wildman–Crippen LogP) is 4.11. The third-order valence-electron chi connectivity index (χ3n) is 3.91. The molecule has 2 rings (SSSR count). The molecule has 0 bridgehead atoms. The Hall–Kier alpha value is -1.02. The average molecular weight is 261 g/mol. The van der Waals surface area contributed by atoms with Crippen LogP contribution in [-0.2, 0) is 5.41 Å². The van der Waals surface area contributed by atoms with E-state index in [0.29, 0.717) is 6.04 Å². The van der Waals surface area contributed by atoms with Gasteiger partial charge in [0.25, 0.3) is 0 Å². The van der Waals surface area contributed by atoms with Gasteiger partial charge < -0.3 is 10.1 Å². The molecule has 1 aliphatic heterocycles. The molecule has 1 N–H and O–H groups in total. The zero-order valence-electron chi connectivity index (χ0n) is 13.1. The molecule has 19 heavy (non-hydrogen) atoms. The molecular weight excluding hydrogens is 234 g/mol. The summed E-state index contributed by atoms with van der Waals surface area (Å²) in [5, 5.41) is 3.61. The summed E-state index contributed by atoms with van der Waals surface area (Å²) in [6, 6.07) is 4.89. The molecule has 0 aliphatic carbocycles. The summed E-state index contributed by atoms with van der Waals surface area (Å²) in [5.74, 6) is 1.12. The van der Waals surface area contributed by atoms with E-state index >= 15 is 0 Å². The third kappa shape index (κ3) is 2.79. The van der Waals surface area contributed by atoms with Crippen LogP contribution in [0.25, 0.3) is 0 Å². The van der Waals surface area contributed by atoms with E-state index in [4.69, 9.17) is 4.74 Å². The van der Waals surface area contributed by atoms with Crippen molar-refractivity contribution >= 4 is 0 Å². The van der Waals surface area contributed by atoms with E-state index in [1.54, 1.807) is 0 Å². The van der Waals surface area contributed by atoms with Gasteiger partial charge in [0.2, 0.25) is 0 Å². The molecule has 0 fully saturated rings. The van der Waals surface area contributed by atoms with Crippen molar-refractivity contribution in [2.45, 2.75) is 65.5 Å². The number of rotatable bonds is 2. The summed E-state index contributed by atoms with van der Waals surface area (Å²) in [6.07, 6.45) is 1.33. The number of hydrogen-bond acceptors (Lipinski definition) is 2. The summed E-state index contributed by atoms with van der Waals surface area (Å²) < 4.78 is 6.21. The Morgan fingerprint density at radius 1 is 1.32 bits per heavy atom. The minimum atomic E-state index is 0.117. The van der Waals surface area contributed by atoms with Gasteiger partial charge in [-0.15, -0.1) is 0 Å². The summed E-state index contributed by atoms with van der Waals surface area (Å²) in [5.41, 5.74) is 4.14. The quantitative estimate of drug-likeness (QED) is 0.865. The van der Waals surface area contributed by atoms with Gasteiger partial charge in [-0.25, -0.2) is 0 Å². The average Bonchev–Trinajstić information content (AvgIpc) is 2.27. The van der Waals surface area contributed by atoms with Crippen molar-refractivity contribution in [3.8, 4) is 5.75 Å². The zero-order valence-corrected chi connectivity index (χ0v) is 13.1. The third-order valence-corrected chi connectivity index (χ3v) is 3.91.